The maximum absolute atomic E-state index is 13.4. The average molecular weight is 604 g/mol. The number of hydrogen-bond donors (Lipinski definition) is 3. The molecule has 1 aliphatic rings. The zero-order chi connectivity index (χ0) is 31.5. The van der Waals surface area contributed by atoms with Crippen LogP contribution in [-0.2, 0) is 22.6 Å². The van der Waals surface area contributed by atoms with Gasteiger partial charge in [-0.25, -0.2) is 9.59 Å². The molecule has 0 aliphatic carbocycles. The van der Waals surface area contributed by atoms with Crippen LogP contribution in [-0.4, -0.2) is 47.5 Å². The number of carbonyl (C=O) groups excluding carboxylic acids is 2. The number of rotatable bonds is 14. The molecule has 0 saturated heterocycles. The summed E-state index contributed by atoms with van der Waals surface area (Å²) in [5, 5.41) is 15.2. The summed E-state index contributed by atoms with van der Waals surface area (Å²) in [6, 6.07) is 19.2. The van der Waals surface area contributed by atoms with E-state index in [0.29, 0.717) is 36.6 Å². The second kappa shape index (κ2) is 15.7. The summed E-state index contributed by atoms with van der Waals surface area (Å²) in [6.45, 7) is 6.86. The maximum Gasteiger partial charge on any atom is 0.410 e. The van der Waals surface area contributed by atoms with E-state index in [9.17, 15) is 19.5 Å². The summed E-state index contributed by atoms with van der Waals surface area (Å²) in [4.78, 5) is 39.8. The zero-order valence-corrected chi connectivity index (χ0v) is 25.5. The lowest BCUT2D eigenvalue weighted by molar-refractivity contribution is -0.137. The number of carboxylic acid groups (broad SMARTS) is 1. The highest BCUT2D eigenvalue weighted by atomic mass is 16.7. The number of nitrogens with one attached hydrogen (secondary N) is 2. The van der Waals surface area contributed by atoms with Crippen molar-refractivity contribution >= 4 is 18.1 Å². The van der Waals surface area contributed by atoms with Crippen LogP contribution in [0.25, 0.3) is 0 Å². The molecule has 0 bridgehead atoms. The van der Waals surface area contributed by atoms with Crippen LogP contribution in [0, 0.1) is 13.8 Å². The first kappa shape index (κ1) is 32.2. The Hall–Kier alpha value is -4.73. The van der Waals surface area contributed by atoms with E-state index >= 15 is 0 Å². The van der Waals surface area contributed by atoms with E-state index < -0.39 is 30.2 Å². The number of benzene rings is 3. The monoisotopic (exact) mass is 603 g/mol. The molecule has 0 radical (unpaired) electrons. The summed E-state index contributed by atoms with van der Waals surface area (Å²) in [7, 11) is 0. The Morgan fingerprint density at radius 1 is 0.886 bits per heavy atom. The first-order chi connectivity index (χ1) is 21.2. The molecule has 4 rings (SSSR count). The lowest BCUT2D eigenvalue weighted by Crippen LogP contribution is -2.46. The van der Waals surface area contributed by atoms with Crippen LogP contribution in [0.2, 0.25) is 0 Å². The Balaban J connectivity index is 1.41. The number of carbonyl (C=O) groups is 3. The molecule has 0 aromatic heterocycles. The van der Waals surface area contributed by atoms with Gasteiger partial charge in [-0.1, -0.05) is 85.5 Å². The minimum atomic E-state index is -1.06. The summed E-state index contributed by atoms with van der Waals surface area (Å²) in [5.74, 6) is -0.00661. The third kappa shape index (κ3) is 9.65. The van der Waals surface area contributed by atoms with Crippen LogP contribution >= 0.6 is 0 Å². The number of amides is 3. The molecule has 3 aromatic rings. The lowest BCUT2D eigenvalue weighted by atomic mass is 10.0. The van der Waals surface area contributed by atoms with Gasteiger partial charge >= 0.3 is 18.1 Å². The van der Waals surface area contributed by atoms with Crippen LogP contribution < -0.4 is 20.1 Å². The molecule has 10 nitrogen and oxygen atoms in total. The van der Waals surface area contributed by atoms with Gasteiger partial charge in [0.1, 0.15) is 6.61 Å². The quantitative estimate of drug-likeness (QED) is 0.199. The number of fused-ring (bicyclic) bond motifs is 1. The number of unbranched alkanes of at least 4 members (excludes halogenated alkanes) is 1. The Kier molecular flexibility index (Phi) is 11.5. The third-order valence-corrected chi connectivity index (χ3v) is 7.38. The van der Waals surface area contributed by atoms with Gasteiger partial charge in [0.05, 0.1) is 18.5 Å². The molecule has 0 fully saturated rings. The van der Waals surface area contributed by atoms with Crippen molar-refractivity contribution in [1.29, 1.82) is 0 Å². The number of urea groups is 1. The Morgan fingerprint density at radius 3 is 2.09 bits per heavy atom. The molecule has 1 heterocycles. The summed E-state index contributed by atoms with van der Waals surface area (Å²) in [6.07, 6.45) is 1.47. The predicted molar refractivity (Wildman–Crippen MR) is 165 cm³/mol. The molecule has 3 N–H and O–H groups in total. The smallest absolute Gasteiger partial charge is 0.410 e. The van der Waals surface area contributed by atoms with Crippen molar-refractivity contribution in [3.8, 4) is 11.5 Å². The second-order valence-electron chi connectivity index (χ2n) is 11.1. The summed E-state index contributed by atoms with van der Waals surface area (Å²) < 4.78 is 16.5. The van der Waals surface area contributed by atoms with Gasteiger partial charge in [-0.2, -0.15) is 0 Å². The highest BCUT2D eigenvalue weighted by molar-refractivity contribution is 5.76. The van der Waals surface area contributed by atoms with Crippen LogP contribution in [0.15, 0.2) is 66.7 Å². The van der Waals surface area contributed by atoms with Crippen LogP contribution in [0.4, 0.5) is 9.59 Å². The number of aryl methyl sites for hydroxylation is 2. The first-order valence-electron chi connectivity index (χ1n) is 14.9. The zero-order valence-electron chi connectivity index (χ0n) is 25.5. The number of nitrogens with zero attached hydrogens (tertiary/aromatic N) is 1. The molecule has 234 valence electrons. The van der Waals surface area contributed by atoms with E-state index in [2.05, 4.69) is 10.6 Å². The van der Waals surface area contributed by atoms with E-state index in [1.165, 1.54) is 0 Å². The molecule has 3 amide bonds. The second-order valence-corrected chi connectivity index (χ2v) is 11.1. The minimum Gasteiger partial charge on any atom is -0.481 e. The fourth-order valence-corrected chi connectivity index (χ4v) is 4.87. The Bertz CT molecular complexity index is 1360. The van der Waals surface area contributed by atoms with Crippen molar-refractivity contribution in [3.63, 3.8) is 0 Å². The molecular weight excluding hydrogens is 562 g/mol. The van der Waals surface area contributed by atoms with Gasteiger partial charge in [0.25, 0.3) is 0 Å². The van der Waals surface area contributed by atoms with Gasteiger partial charge in [0, 0.05) is 13.1 Å². The normalized spacial score (nSPS) is 13.1. The molecular formula is C34H41N3O7. The Labute approximate surface area is 258 Å². The standard InChI is InChI=1S/C34H41N3O7/c1-4-5-6-28(35-33(40)36-29(18-32(38)39)27-15-16-30-31(17-27)44-22-43-30)21-42-34(41)37(19-25-11-7-23(2)8-12-25)20-26-13-9-24(3)10-14-26/h7-17,28-29H,4-6,18-22H2,1-3H3,(H,38,39)(H2,35,36,40). The third-order valence-electron chi connectivity index (χ3n) is 7.38. The van der Waals surface area contributed by atoms with Crippen LogP contribution in [0.5, 0.6) is 11.5 Å². The van der Waals surface area contributed by atoms with Gasteiger partial charge in [0.2, 0.25) is 6.79 Å². The first-order valence-corrected chi connectivity index (χ1v) is 14.9. The SMILES string of the molecule is CCCCC(COC(=O)N(Cc1ccc(C)cc1)Cc1ccc(C)cc1)NC(=O)NC(CC(=O)O)c1ccc2c(c1)OCO2. The number of hydrogen-bond acceptors (Lipinski definition) is 6. The van der Waals surface area contributed by atoms with E-state index in [-0.39, 0.29) is 19.8 Å². The fraction of sp³-hybridized carbons (Fsp3) is 0.382. The maximum atomic E-state index is 13.4. The molecule has 1 aliphatic heterocycles. The van der Waals surface area contributed by atoms with E-state index in [4.69, 9.17) is 14.2 Å². The molecule has 0 saturated carbocycles. The van der Waals surface area contributed by atoms with Gasteiger partial charge in [-0.05, 0) is 49.1 Å². The van der Waals surface area contributed by atoms with Crippen molar-refractivity contribution in [3.05, 3.63) is 94.5 Å². The highest BCUT2D eigenvalue weighted by Crippen LogP contribution is 2.34. The molecule has 3 aromatic carbocycles. The lowest BCUT2D eigenvalue weighted by Gasteiger charge is -2.26. The average Bonchev–Trinajstić information content (AvgIpc) is 3.48. The molecule has 44 heavy (non-hydrogen) atoms. The largest absolute Gasteiger partial charge is 0.481 e. The van der Waals surface area contributed by atoms with Gasteiger partial charge < -0.3 is 30.0 Å². The van der Waals surface area contributed by atoms with Gasteiger partial charge in [-0.3, -0.25) is 9.69 Å². The van der Waals surface area contributed by atoms with Gasteiger partial charge in [-0.15, -0.1) is 0 Å². The summed E-state index contributed by atoms with van der Waals surface area (Å²) >= 11 is 0. The van der Waals surface area contributed by atoms with Gasteiger partial charge in [0.15, 0.2) is 11.5 Å². The van der Waals surface area contributed by atoms with Crippen molar-refractivity contribution in [2.45, 2.75) is 71.6 Å². The molecule has 2 unspecified atom stereocenters. The van der Waals surface area contributed by atoms with Crippen LogP contribution in [0.1, 0.15) is 66.5 Å². The molecule has 0 spiro atoms. The van der Waals surface area contributed by atoms with Crippen LogP contribution in [0.3, 0.4) is 0 Å². The fourth-order valence-electron chi connectivity index (χ4n) is 4.87. The van der Waals surface area contributed by atoms with E-state index in [1.807, 2.05) is 69.3 Å². The number of carboxylic acids is 1. The molecule has 10 heteroatoms. The Morgan fingerprint density at radius 2 is 1.50 bits per heavy atom. The van der Waals surface area contributed by atoms with Crippen molar-refractivity contribution in [1.82, 2.24) is 15.5 Å². The van der Waals surface area contributed by atoms with Crippen molar-refractivity contribution in [2.75, 3.05) is 13.4 Å². The highest BCUT2D eigenvalue weighted by Gasteiger charge is 2.24. The van der Waals surface area contributed by atoms with E-state index in [1.54, 1.807) is 23.1 Å². The van der Waals surface area contributed by atoms with E-state index in [0.717, 1.165) is 35.1 Å². The van der Waals surface area contributed by atoms with Crippen molar-refractivity contribution < 1.29 is 33.7 Å². The topological polar surface area (TPSA) is 126 Å². The molecule has 2 atom stereocenters. The minimum absolute atomic E-state index is 0.0296. The number of aliphatic carboxylic acids is 1. The van der Waals surface area contributed by atoms with Crippen molar-refractivity contribution in [2.24, 2.45) is 0 Å². The summed E-state index contributed by atoms with van der Waals surface area (Å²) in [5.41, 5.74) is 4.80. The number of ether oxygens (including phenoxy) is 3. The predicted octanol–water partition coefficient (Wildman–Crippen LogP) is 6.24.